The second-order valence-electron chi connectivity index (χ2n) is 3.31. The van der Waals surface area contributed by atoms with Gasteiger partial charge in [0.25, 0.3) is 0 Å². The Bertz CT molecular complexity index is 454. The molecule has 1 N–H and O–H groups in total. The van der Waals surface area contributed by atoms with E-state index in [2.05, 4.69) is 15.5 Å². The van der Waals surface area contributed by atoms with Crippen LogP contribution in [0.1, 0.15) is 6.42 Å². The fourth-order valence-corrected chi connectivity index (χ4v) is 1.51. The quantitative estimate of drug-likeness (QED) is 0.874. The fourth-order valence-electron chi connectivity index (χ4n) is 1.38. The molecule has 1 aromatic heterocycles. The molecule has 2 aromatic rings. The molecule has 1 heterocycles. The summed E-state index contributed by atoms with van der Waals surface area (Å²) in [4.78, 5) is 0. The fraction of sp³-hybridized carbons (Fsp3) is 0.300. The highest BCUT2D eigenvalue weighted by Crippen LogP contribution is 2.18. The number of rotatable bonds is 4. The second-order valence-corrected chi connectivity index (χ2v) is 3.75. The highest BCUT2D eigenvalue weighted by atomic mass is 35.5. The Kier molecular flexibility index (Phi) is 3.48. The van der Waals surface area contributed by atoms with Crippen LogP contribution in [0.25, 0.3) is 11.4 Å². The van der Waals surface area contributed by atoms with Gasteiger partial charge in [-0.2, -0.15) is 0 Å². The Morgan fingerprint density at radius 2 is 2.00 bits per heavy atom. The first-order valence-corrected chi connectivity index (χ1v) is 5.32. The summed E-state index contributed by atoms with van der Waals surface area (Å²) in [7, 11) is 0. The number of aromatic nitrogens is 4. The molecule has 0 saturated carbocycles. The van der Waals surface area contributed by atoms with Gasteiger partial charge in [0.1, 0.15) is 0 Å². The molecule has 5 nitrogen and oxygen atoms in total. The Morgan fingerprint density at radius 3 is 2.69 bits per heavy atom. The molecule has 0 aliphatic rings. The predicted octanol–water partition coefficient (Wildman–Crippen LogP) is 1.38. The first-order valence-electron chi connectivity index (χ1n) is 4.94. The first-order chi connectivity index (χ1) is 7.81. The van der Waals surface area contributed by atoms with Crippen molar-refractivity contribution >= 4 is 11.6 Å². The number of halogens is 1. The van der Waals surface area contributed by atoms with Crippen LogP contribution in [-0.4, -0.2) is 31.9 Å². The van der Waals surface area contributed by atoms with E-state index in [4.69, 9.17) is 16.7 Å². The van der Waals surface area contributed by atoms with Crippen LogP contribution in [0.3, 0.4) is 0 Å². The van der Waals surface area contributed by atoms with Crippen molar-refractivity contribution in [1.29, 1.82) is 0 Å². The Balaban J connectivity index is 2.26. The van der Waals surface area contributed by atoms with Crippen LogP contribution in [-0.2, 0) is 6.54 Å². The van der Waals surface area contributed by atoms with E-state index in [9.17, 15) is 0 Å². The molecular formula is C10H11ClN4O. The lowest BCUT2D eigenvalue weighted by Crippen LogP contribution is -2.04. The number of hydrogen-bond donors (Lipinski definition) is 1. The lowest BCUT2D eigenvalue weighted by Gasteiger charge is -2.03. The van der Waals surface area contributed by atoms with Crippen molar-refractivity contribution in [2.45, 2.75) is 13.0 Å². The van der Waals surface area contributed by atoms with E-state index < -0.39 is 0 Å². The van der Waals surface area contributed by atoms with E-state index in [-0.39, 0.29) is 6.61 Å². The van der Waals surface area contributed by atoms with E-state index >= 15 is 0 Å². The average Bonchev–Trinajstić information content (AvgIpc) is 2.75. The maximum Gasteiger partial charge on any atom is 0.182 e. The van der Waals surface area contributed by atoms with E-state index in [1.165, 1.54) is 0 Å². The van der Waals surface area contributed by atoms with Crippen LogP contribution < -0.4 is 0 Å². The SMILES string of the molecule is OCCCn1nnnc1-c1ccc(Cl)cc1. The number of hydrogen-bond acceptors (Lipinski definition) is 4. The molecule has 0 unspecified atom stereocenters. The van der Waals surface area contributed by atoms with Crippen LogP contribution in [0.5, 0.6) is 0 Å². The standard InChI is InChI=1S/C10H11ClN4O/c11-9-4-2-8(3-5-9)10-12-13-14-15(10)6-1-7-16/h2-5,16H,1,6-7H2. The highest BCUT2D eigenvalue weighted by Gasteiger charge is 2.07. The van der Waals surface area contributed by atoms with Crippen molar-refractivity contribution in [3.63, 3.8) is 0 Å². The number of benzene rings is 1. The zero-order chi connectivity index (χ0) is 11.4. The zero-order valence-electron chi connectivity index (χ0n) is 8.54. The van der Waals surface area contributed by atoms with Gasteiger partial charge in [-0.1, -0.05) is 11.6 Å². The zero-order valence-corrected chi connectivity index (χ0v) is 9.30. The summed E-state index contributed by atoms with van der Waals surface area (Å²) in [5.74, 6) is 0.685. The first kappa shape index (κ1) is 11.0. The average molecular weight is 239 g/mol. The molecule has 6 heteroatoms. The van der Waals surface area contributed by atoms with E-state index in [1.807, 2.05) is 12.1 Å². The molecule has 2 rings (SSSR count). The van der Waals surface area contributed by atoms with Crippen molar-refractivity contribution in [2.75, 3.05) is 6.61 Å². The summed E-state index contributed by atoms with van der Waals surface area (Å²) in [6.45, 7) is 0.724. The van der Waals surface area contributed by atoms with Gasteiger partial charge in [-0.3, -0.25) is 0 Å². The minimum Gasteiger partial charge on any atom is -0.396 e. The van der Waals surface area contributed by atoms with Crippen molar-refractivity contribution in [1.82, 2.24) is 20.2 Å². The third-order valence-electron chi connectivity index (χ3n) is 2.16. The van der Waals surface area contributed by atoms with Crippen LogP contribution >= 0.6 is 11.6 Å². The molecule has 0 amide bonds. The molecule has 16 heavy (non-hydrogen) atoms. The van der Waals surface area contributed by atoms with Gasteiger partial charge < -0.3 is 5.11 Å². The maximum absolute atomic E-state index is 8.76. The molecule has 84 valence electrons. The van der Waals surface area contributed by atoms with Gasteiger partial charge in [-0.25, -0.2) is 4.68 Å². The minimum atomic E-state index is 0.125. The molecule has 0 atom stereocenters. The van der Waals surface area contributed by atoms with E-state index in [0.717, 1.165) is 5.56 Å². The van der Waals surface area contributed by atoms with Gasteiger partial charge in [0.05, 0.1) is 0 Å². The second kappa shape index (κ2) is 5.05. The van der Waals surface area contributed by atoms with E-state index in [1.54, 1.807) is 16.8 Å². The summed E-state index contributed by atoms with van der Waals surface area (Å²) < 4.78 is 1.67. The number of aryl methyl sites for hydroxylation is 1. The van der Waals surface area contributed by atoms with Crippen molar-refractivity contribution in [2.24, 2.45) is 0 Å². The van der Waals surface area contributed by atoms with Crippen LogP contribution in [0.15, 0.2) is 24.3 Å². The molecule has 0 aliphatic heterocycles. The predicted molar refractivity (Wildman–Crippen MR) is 60.0 cm³/mol. The van der Waals surface area contributed by atoms with Gasteiger partial charge in [0.2, 0.25) is 0 Å². The smallest absolute Gasteiger partial charge is 0.182 e. The van der Waals surface area contributed by atoms with Crippen LogP contribution in [0, 0.1) is 0 Å². The number of tetrazole rings is 1. The topological polar surface area (TPSA) is 63.8 Å². The number of aliphatic hydroxyl groups is 1. The molecule has 0 saturated heterocycles. The summed E-state index contributed by atoms with van der Waals surface area (Å²) >= 11 is 5.80. The van der Waals surface area contributed by atoms with Crippen LogP contribution in [0.4, 0.5) is 0 Å². The maximum atomic E-state index is 8.76. The monoisotopic (exact) mass is 238 g/mol. The lowest BCUT2D eigenvalue weighted by molar-refractivity contribution is 0.276. The number of nitrogens with zero attached hydrogens (tertiary/aromatic N) is 4. The van der Waals surface area contributed by atoms with E-state index in [0.29, 0.717) is 23.8 Å². The molecule has 1 aromatic carbocycles. The summed E-state index contributed by atoms with van der Waals surface area (Å²) in [6.07, 6.45) is 0.631. The van der Waals surface area contributed by atoms with Crippen molar-refractivity contribution < 1.29 is 5.11 Å². The Morgan fingerprint density at radius 1 is 1.25 bits per heavy atom. The number of aliphatic hydroxyl groups excluding tert-OH is 1. The van der Waals surface area contributed by atoms with Crippen molar-refractivity contribution in [3.8, 4) is 11.4 Å². The van der Waals surface area contributed by atoms with Crippen LogP contribution in [0.2, 0.25) is 5.02 Å². The Hall–Kier alpha value is -1.46. The summed E-state index contributed by atoms with van der Waals surface area (Å²) in [5, 5.41) is 20.9. The van der Waals surface area contributed by atoms with Gasteiger partial charge in [-0.05, 0) is 41.1 Å². The lowest BCUT2D eigenvalue weighted by atomic mass is 10.2. The molecule has 0 bridgehead atoms. The molecule has 0 radical (unpaired) electrons. The van der Waals surface area contributed by atoms with Crippen molar-refractivity contribution in [3.05, 3.63) is 29.3 Å². The summed E-state index contributed by atoms with van der Waals surface area (Å²) in [5.41, 5.74) is 0.910. The summed E-state index contributed by atoms with van der Waals surface area (Å²) in [6, 6.07) is 7.32. The molecular weight excluding hydrogens is 228 g/mol. The van der Waals surface area contributed by atoms with Gasteiger partial charge in [0.15, 0.2) is 5.82 Å². The highest BCUT2D eigenvalue weighted by molar-refractivity contribution is 6.30. The largest absolute Gasteiger partial charge is 0.396 e. The normalized spacial score (nSPS) is 10.6. The Labute approximate surface area is 97.7 Å². The molecule has 0 spiro atoms. The molecule has 0 aliphatic carbocycles. The minimum absolute atomic E-state index is 0.125. The van der Waals surface area contributed by atoms with Gasteiger partial charge in [0, 0.05) is 23.7 Å². The third-order valence-corrected chi connectivity index (χ3v) is 2.41. The van der Waals surface area contributed by atoms with Gasteiger partial charge in [-0.15, -0.1) is 5.10 Å². The van der Waals surface area contributed by atoms with Gasteiger partial charge >= 0.3 is 0 Å². The third kappa shape index (κ3) is 2.37. The molecule has 0 fully saturated rings.